The Morgan fingerprint density at radius 2 is 1.91 bits per heavy atom. The fourth-order valence-electron chi connectivity index (χ4n) is 3.92. The van der Waals surface area contributed by atoms with Crippen molar-refractivity contribution in [2.24, 2.45) is 5.92 Å². The van der Waals surface area contributed by atoms with Crippen LogP contribution in [0, 0.1) is 12.8 Å². The number of carbonyl (C=O) groups excluding carboxylic acids is 1. The third-order valence-corrected chi connectivity index (χ3v) is 5.21. The van der Waals surface area contributed by atoms with Gasteiger partial charge in [-0.3, -0.25) is 4.79 Å². The molecular weight excluding hydrogens is 282 g/mol. The van der Waals surface area contributed by atoms with E-state index in [-0.39, 0.29) is 5.78 Å². The summed E-state index contributed by atoms with van der Waals surface area (Å²) in [4.78, 5) is 11.7. The minimum Gasteiger partial charge on any atom is -0.378 e. The van der Waals surface area contributed by atoms with Crippen molar-refractivity contribution in [2.75, 3.05) is 5.32 Å². The van der Waals surface area contributed by atoms with Crippen LogP contribution in [-0.4, -0.2) is 5.78 Å². The Labute approximate surface area is 137 Å². The zero-order chi connectivity index (χ0) is 16.0. The topological polar surface area (TPSA) is 29.1 Å². The molecule has 2 nitrogen and oxygen atoms in total. The number of ketones is 1. The monoisotopic (exact) mass is 303 g/mol. The van der Waals surface area contributed by atoms with Crippen molar-refractivity contribution >= 4 is 11.5 Å². The maximum atomic E-state index is 11.7. The second-order valence-corrected chi connectivity index (χ2v) is 6.74. The molecule has 2 aromatic carbocycles. The minimum absolute atomic E-state index is 0.131. The van der Waals surface area contributed by atoms with Gasteiger partial charge < -0.3 is 5.32 Å². The van der Waals surface area contributed by atoms with E-state index in [0.717, 1.165) is 17.7 Å². The lowest BCUT2D eigenvalue weighted by Crippen LogP contribution is -2.29. The van der Waals surface area contributed by atoms with E-state index < -0.39 is 0 Å². The first-order valence-electron chi connectivity index (χ1n) is 8.28. The van der Waals surface area contributed by atoms with E-state index in [1.165, 1.54) is 16.7 Å². The Morgan fingerprint density at radius 3 is 2.65 bits per heavy atom. The summed E-state index contributed by atoms with van der Waals surface area (Å²) in [5, 5.41) is 3.72. The van der Waals surface area contributed by atoms with Crippen molar-refractivity contribution < 1.29 is 4.79 Å². The molecule has 3 atom stereocenters. The van der Waals surface area contributed by atoms with Crippen molar-refractivity contribution in [2.45, 2.75) is 32.2 Å². The third kappa shape index (κ3) is 2.39. The highest BCUT2D eigenvalue weighted by Crippen LogP contribution is 2.49. The highest BCUT2D eigenvalue weighted by molar-refractivity contribution is 5.95. The average molecular weight is 303 g/mol. The molecule has 0 aromatic heterocycles. The predicted octanol–water partition coefficient (Wildman–Crippen LogP) is 5.02. The molecule has 2 unspecified atom stereocenters. The number of aryl methyl sites for hydroxylation is 1. The Kier molecular flexibility index (Phi) is 3.33. The number of hydrogen-bond acceptors (Lipinski definition) is 2. The van der Waals surface area contributed by atoms with Gasteiger partial charge in [0.25, 0.3) is 0 Å². The molecule has 2 heteroatoms. The highest BCUT2D eigenvalue weighted by atomic mass is 16.1. The second-order valence-electron chi connectivity index (χ2n) is 6.74. The van der Waals surface area contributed by atoms with Crippen molar-refractivity contribution in [1.29, 1.82) is 0 Å². The fourth-order valence-corrected chi connectivity index (χ4v) is 3.92. The normalized spacial score (nSPS) is 24.7. The quantitative estimate of drug-likeness (QED) is 0.623. The molecule has 4 rings (SSSR count). The number of Topliss-reactive ketones (excluding diaryl/α,β-unsaturated/α-hetero) is 1. The second kappa shape index (κ2) is 5.38. The van der Waals surface area contributed by atoms with Crippen molar-refractivity contribution in [3.8, 4) is 0 Å². The largest absolute Gasteiger partial charge is 0.378 e. The molecule has 0 amide bonds. The number of allylic oxidation sites excluding steroid dienone is 2. The number of benzene rings is 2. The molecule has 1 heterocycles. The first-order chi connectivity index (χ1) is 11.1. The molecule has 0 radical (unpaired) electrons. The maximum Gasteiger partial charge on any atom is 0.159 e. The lowest BCUT2D eigenvalue weighted by molar-refractivity contribution is 0.101. The van der Waals surface area contributed by atoms with E-state index in [1.807, 2.05) is 6.07 Å². The van der Waals surface area contributed by atoms with Gasteiger partial charge in [0.2, 0.25) is 0 Å². The summed E-state index contributed by atoms with van der Waals surface area (Å²) in [6.45, 7) is 3.76. The van der Waals surface area contributed by atoms with Gasteiger partial charge in [-0.1, -0.05) is 42.0 Å². The van der Waals surface area contributed by atoms with E-state index in [2.05, 4.69) is 60.8 Å². The number of hydrogen-bond donors (Lipinski definition) is 1. The summed E-state index contributed by atoms with van der Waals surface area (Å²) in [6, 6.07) is 15.2. The Hall–Kier alpha value is -2.35. The number of anilines is 1. The SMILES string of the molecule is CC(=O)c1ccc2c(c1)C1C=CCC1[C@@H](c1ccc(C)cc1)N2. The van der Waals surface area contributed by atoms with Gasteiger partial charge in [-0.25, -0.2) is 0 Å². The summed E-state index contributed by atoms with van der Waals surface area (Å²) >= 11 is 0. The molecular formula is C21H21NO. The summed E-state index contributed by atoms with van der Waals surface area (Å²) in [6.07, 6.45) is 5.68. The van der Waals surface area contributed by atoms with Crippen LogP contribution in [-0.2, 0) is 0 Å². The lowest BCUT2D eigenvalue weighted by atomic mass is 9.76. The van der Waals surface area contributed by atoms with Gasteiger partial charge in [0, 0.05) is 17.2 Å². The lowest BCUT2D eigenvalue weighted by Gasteiger charge is -2.37. The molecule has 1 aliphatic heterocycles. The molecule has 116 valence electrons. The zero-order valence-electron chi connectivity index (χ0n) is 13.5. The van der Waals surface area contributed by atoms with Crippen LogP contribution in [0.2, 0.25) is 0 Å². The molecule has 0 saturated carbocycles. The van der Waals surface area contributed by atoms with Crippen LogP contribution in [0.4, 0.5) is 5.69 Å². The molecule has 2 aromatic rings. The van der Waals surface area contributed by atoms with E-state index in [4.69, 9.17) is 0 Å². The minimum atomic E-state index is 0.131. The third-order valence-electron chi connectivity index (χ3n) is 5.21. The number of nitrogens with one attached hydrogen (secondary N) is 1. The summed E-state index contributed by atoms with van der Waals surface area (Å²) < 4.78 is 0. The molecule has 1 N–H and O–H groups in total. The van der Waals surface area contributed by atoms with Crippen LogP contribution < -0.4 is 5.32 Å². The number of fused-ring (bicyclic) bond motifs is 3. The van der Waals surface area contributed by atoms with Gasteiger partial charge in [0.1, 0.15) is 0 Å². The van der Waals surface area contributed by atoms with E-state index in [1.54, 1.807) is 6.92 Å². The van der Waals surface area contributed by atoms with Crippen LogP contribution in [0.1, 0.15) is 52.4 Å². The Bertz CT molecular complexity index is 788. The maximum absolute atomic E-state index is 11.7. The Morgan fingerprint density at radius 1 is 1.13 bits per heavy atom. The van der Waals surface area contributed by atoms with Crippen LogP contribution in [0.5, 0.6) is 0 Å². The number of carbonyl (C=O) groups is 1. The van der Waals surface area contributed by atoms with E-state index in [0.29, 0.717) is 17.9 Å². The fraction of sp³-hybridized carbons (Fsp3) is 0.286. The molecule has 2 aliphatic rings. The van der Waals surface area contributed by atoms with Gasteiger partial charge >= 0.3 is 0 Å². The van der Waals surface area contributed by atoms with Gasteiger partial charge in [-0.05, 0) is 55.5 Å². The van der Waals surface area contributed by atoms with Gasteiger partial charge in [0.15, 0.2) is 5.78 Å². The van der Waals surface area contributed by atoms with Crippen molar-refractivity contribution in [1.82, 2.24) is 0 Å². The van der Waals surface area contributed by atoms with Gasteiger partial charge in [-0.2, -0.15) is 0 Å². The summed E-state index contributed by atoms with van der Waals surface area (Å²) in [5.41, 5.74) is 5.86. The molecule has 1 aliphatic carbocycles. The van der Waals surface area contributed by atoms with Crippen molar-refractivity contribution in [3.05, 3.63) is 76.9 Å². The molecule has 0 spiro atoms. The van der Waals surface area contributed by atoms with E-state index >= 15 is 0 Å². The molecule has 0 fully saturated rings. The highest BCUT2D eigenvalue weighted by Gasteiger charge is 2.37. The summed E-state index contributed by atoms with van der Waals surface area (Å²) in [7, 11) is 0. The zero-order valence-corrected chi connectivity index (χ0v) is 13.5. The van der Waals surface area contributed by atoms with Crippen LogP contribution in [0.3, 0.4) is 0 Å². The molecule has 0 bridgehead atoms. The average Bonchev–Trinajstić information content (AvgIpc) is 3.04. The smallest absolute Gasteiger partial charge is 0.159 e. The standard InChI is InChI=1S/C21H21NO/c1-13-6-8-15(9-7-13)21-18-5-3-4-17(18)19-12-16(14(2)23)10-11-20(19)22-21/h3-4,6-12,17-18,21-22H,5H2,1-2H3/t17?,18?,21-/m1/s1. The van der Waals surface area contributed by atoms with Gasteiger partial charge in [0.05, 0.1) is 6.04 Å². The first kappa shape index (κ1) is 14.3. The van der Waals surface area contributed by atoms with Crippen LogP contribution in [0.15, 0.2) is 54.6 Å². The van der Waals surface area contributed by atoms with Crippen LogP contribution >= 0.6 is 0 Å². The summed E-state index contributed by atoms with van der Waals surface area (Å²) in [5.74, 6) is 1.05. The number of rotatable bonds is 2. The van der Waals surface area contributed by atoms with Crippen molar-refractivity contribution in [3.63, 3.8) is 0 Å². The van der Waals surface area contributed by atoms with Crippen LogP contribution in [0.25, 0.3) is 0 Å². The van der Waals surface area contributed by atoms with E-state index in [9.17, 15) is 4.79 Å². The first-order valence-corrected chi connectivity index (χ1v) is 8.28. The molecule has 0 saturated heterocycles. The predicted molar refractivity (Wildman–Crippen MR) is 94.0 cm³/mol. The molecule has 23 heavy (non-hydrogen) atoms. The van der Waals surface area contributed by atoms with Gasteiger partial charge in [-0.15, -0.1) is 0 Å². The Balaban J connectivity index is 1.77.